The Labute approximate surface area is 476 Å². The lowest BCUT2D eigenvalue weighted by molar-refractivity contribution is -0.143. The van der Waals surface area contributed by atoms with Crippen LogP contribution in [0, 0.1) is 0 Å². The molecule has 0 saturated carbocycles. The number of allylic oxidation sites excluding steroid dienone is 2. The van der Waals surface area contributed by atoms with Crippen molar-refractivity contribution in [1.82, 2.24) is 5.32 Å². The van der Waals surface area contributed by atoms with Crippen LogP contribution in [0.1, 0.15) is 399 Å². The van der Waals surface area contributed by atoms with Crippen molar-refractivity contribution in [3.63, 3.8) is 0 Å². The number of aliphatic hydroxyl groups is 2. The maximum Gasteiger partial charge on any atom is 0.305 e. The Hall–Kier alpha value is -1.40. The molecule has 0 aliphatic heterocycles. The molecule has 6 nitrogen and oxygen atoms in total. The third kappa shape index (κ3) is 61.8. The molecule has 0 aliphatic rings. The summed E-state index contributed by atoms with van der Waals surface area (Å²) in [5.74, 6) is -0.0165. The predicted octanol–water partition coefficient (Wildman–Crippen LogP) is 22.4. The lowest BCUT2D eigenvalue weighted by atomic mass is 10.0. The highest BCUT2D eigenvalue weighted by molar-refractivity contribution is 5.76. The van der Waals surface area contributed by atoms with Crippen LogP contribution in [0.2, 0.25) is 0 Å². The standard InChI is InChI=1S/C70H137NO5/c1-3-5-7-9-11-13-15-16-17-33-36-39-43-46-50-54-58-62-68(73)67(66-72)71-69(74)63-59-55-51-47-44-40-37-34-31-29-27-25-23-21-19-18-20-22-24-26-28-30-32-35-38-41-45-49-53-57-61-65-76-70(75)64-60-56-52-48-42-14-12-10-8-6-4-2/h10,12,67-68,72-73H,3-9,11,13-66H2,1-2H3,(H,71,74)/b12-10-. The highest BCUT2D eigenvalue weighted by Crippen LogP contribution is 2.19. The van der Waals surface area contributed by atoms with Crippen molar-refractivity contribution in [3.8, 4) is 0 Å². The van der Waals surface area contributed by atoms with E-state index in [0.29, 0.717) is 25.9 Å². The van der Waals surface area contributed by atoms with Crippen LogP contribution >= 0.6 is 0 Å². The van der Waals surface area contributed by atoms with Crippen molar-refractivity contribution in [2.45, 2.75) is 411 Å². The van der Waals surface area contributed by atoms with E-state index in [-0.39, 0.29) is 18.5 Å². The highest BCUT2D eigenvalue weighted by atomic mass is 16.5. The molecule has 0 saturated heterocycles. The Balaban J connectivity index is 3.32. The number of aliphatic hydroxyl groups excluding tert-OH is 2. The van der Waals surface area contributed by atoms with Gasteiger partial charge in [-0.1, -0.05) is 353 Å². The molecule has 3 N–H and O–H groups in total. The van der Waals surface area contributed by atoms with Crippen molar-refractivity contribution in [2.24, 2.45) is 0 Å². The topological polar surface area (TPSA) is 95.9 Å². The Kier molecular flexibility index (Phi) is 64.9. The monoisotopic (exact) mass is 1070 g/mol. The number of carbonyl (C=O) groups is 2. The second kappa shape index (κ2) is 66.1. The number of carbonyl (C=O) groups excluding carboxylic acids is 2. The van der Waals surface area contributed by atoms with Crippen LogP contribution < -0.4 is 5.32 Å². The van der Waals surface area contributed by atoms with Gasteiger partial charge >= 0.3 is 5.97 Å². The first-order valence-electron chi connectivity index (χ1n) is 34.9. The van der Waals surface area contributed by atoms with Gasteiger partial charge in [-0.2, -0.15) is 0 Å². The molecule has 0 aliphatic carbocycles. The normalized spacial score (nSPS) is 12.5. The van der Waals surface area contributed by atoms with Gasteiger partial charge in [-0.3, -0.25) is 9.59 Å². The maximum atomic E-state index is 12.5. The molecular formula is C70H137NO5. The molecule has 0 bridgehead atoms. The molecule has 0 aromatic heterocycles. The quantitative estimate of drug-likeness (QED) is 0.0320. The number of ether oxygens (including phenoxy) is 1. The molecule has 0 radical (unpaired) electrons. The lowest BCUT2D eigenvalue weighted by Crippen LogP contribution is -2.45. The zero-order valence-corrected chi connectivity index (χ0v) is 51.8. The number of rotatable bonds is 66. The van der Waals surface area contributed by atoms with Gasteiger partial charge < -0.3 is 20.3 Å². The van der Waals surface area contributed by atoms with E-state index in [2.05, 4.69) is 31.3 Å². The largest absolute Gasteiger partial charge is 0.466 e. The van der Waals surface area contributed by atoms with Crippen LogP contribution in [0.15, 0.2) is 12.2 Å². The Morgan fingerprint density at radius 2 is 0.632 bits per heavy atom. The van der Waals surface area contributed by atoms with Gasteiger partial charge in [0.25, 0.3) is 0 Å². The summed E-state index contributed by atoms with van der Waals surface area (Å²) in [6.07, 6.45) is 81.2. The molecule has 2 atom stereocenters. The smallest absolute Gasteiger partial charge is 0.305 e. The van der Waals surface area contributed by atoms with E-state index in [1.54, 1.807) is 0 Å². The van der Waals surface area contributed by atoms with Crippen molar-refractivity contribution in [3.05, 3.63) is 12.2 Å². The fourth-order valence-electron chi connectivity index (χ4n) is 11.2. The summed E-state index contributed by atoms with van der Waals surface area (Å²) >= 11 is 0. The Bertz CT molecular complexity index is 1140. The summed E-state index contributed by atoms with van der Waals surface area (Å²) in [5.41, 5.74) is 0. The molecule has 0 heterocycles. The van der Waals surface area contributed by atoms with Gasteiger partial charge in [-0.25, -0.2) is 0 Å². The Morgan fingerprint density at radius 1 is 0.355 bits per heavy atom. The number of unbranched alkanes of at least 4 members (excludes halogenated alkanes) is 53. The van der Waals surface area contributed by atoms with Gasteiger partial charge in [-0.15, -0.1) is 0 Å². The molecule has 0 rings (SSSR count). The van der Waals surface area contributed by atoms with Crippen molar-refractivity contribution in [1.29, 1.82) is 0 Å². The van der Waals surface area contributed by atoms with Crippen LogP contribution in [0.4, 0.5) is 0 Å². The summed E-state index contributed by atoms with van der Waals surface area (Å²) in [6, 6.07) is -0.537. The first kappa shape index (κ1) is 74.6. The second-order valence-electron chi connectivity index (χ2n) is 24.2. The van der Waals surface area contributed by atoms with Crippen molar-refractivity contribution >= 4 is 11.9 Å². The minimum absolute atomic E-state index is 0.0103. The lowest BCUT2D eigenvalue weighted by Gasteiger charge is -2.22. The van der Waals surface area contributed by atoms with Gasteiger partial charge in [0.2, 0.25) is 5.91 Å². The van der Waals surface area contributed by atoms with Crippen LogP contribution in [0.5, 0.6) is 0 Å². The summed E-state index contributed by atoms with van der Waals surface area (Å²) in [5, 5.41) is 23.4. The van der Waals surface area contributed by atoms with Crippen molar-refractivity contribution in [2.75, 3.05) is 13.2 Å². The van der Waals surface area contributed by atoms with E-state index >= 15 is 0 Å². The fraction of sp³-hybridized carbons (Fsp3) is 0.943. The molecule has 452 valence electrons. The number of esters is 1. The number of hydrogen-bond acceptors (Lipinski definition) is 5. The average Bonchev–Trinajstić information content (AvgIpc) is 3.42. The van der Waals surface area contributed by atoms with Crippen molar-refractivity contribution < 1.29 is 24.5 Å². The van der Waals surface area contributed by atoms with Gasteiger partial charge in [0, 0.05) is 12.8 Å². The summed E-state index contributed by atoms with van der Waals surface area (Å²) < 4.78 is 5.47. The number of amides is 1. The zero-order chi connectivity index (χ0) is 55.0. The summed E-state index contributed by atoms with van der Waals surface area (Å²) in [6.45, 7) is 4.95. The molecule has 0 aromatic carbocycles. The van der Waals surface area contributed by atoms with Gasteiger partial charge in [-0.05, 0) is 44.9 Å². The van der Waals surface area contributed by atoms with Crippen LogP contribution in [0.25, 0.3) is 0 Å². The molecule has 0 fully saturated rings. The van der Waals surface area contributed by atoms with E-state index in [4.69, 9.17) is 4.74 Å². The molecular weight excluding hydrogens is 935 g/mol. The minimum Gasteiger partial charge on any atom is -0.466 e. The van der Waals surface area contributed by atoms with E-state index in [9.17, 15) is 19.8 Å². The van der Waals surface area contributed by atoms with E-state index in [1.165, 1.54) is 321 Å². The zero-order valence-electron chi connectivity index (χ0n) is 51.8. The highest BCUT2D eigenvalue weighted by Gasteiger charge is 2.20. The number of nitrogens with one attached hydrogen (secondary N) is 1. The minimum atomic E-state index is -0.661. The van der Waals surface area contributed by atoms with E-state index in [0.717, 1.165) is 44.9 Å². The number of hydrogen-bond donors (Lipinski definition) is 3. The summed E-state index contributed by atoms with van der Waals surface area (Å²) in [7, 11) is 0. The molecule has 76 heavy (non-hydrogen) atoms. The average molecular weight is 1070 g/mol. The van der Waals surface area contributed by atoms with E-state index < -0.39 is 12.1 Å². The first-order valence-corrected chi connectivity index (χ1v) is 34.9. The molecule has 0 aromatic rings. The second-order valence-corrected chi connectivity index (χ2v) is 24.2. The van der Waals surface area contributed by atoms with E-state index in [1.807, 2.05) is 0 Å². The molecule has 6 heteroatoms. The third-order valence-corrected chi connectivity index (χ3v) is 16.6. The van der Waals surface area contributed by atoms with Crippen LogP contribution in [-0.4, -0.2) is 47.4 Å². The predicted molar refractivity (Wildman–Crippen MR) is 333 cm³/mol. The first-order chi connectivity index (χ1) is 37.5. The SMILES string of the molecule is CCCC/C=C\CCCCCCCC(=O)OCCCCCCCCCCCCCCCCCCCCCCCCCCCCCCCCCC(=O)NC(CO)C(O)CCCCCCCCCCCCCCCCCCC. The van der Waals surface area contributed by atoms with Gasteiger partial charge in [0.15, 0.2) is 0 Å². The Morgan fingerprint density at radius 3 is 0.974 bits per heavy atom. The fourth-order valence-corrected chi connectivity index (χ4v) is 11.2. The third-order valence-electron chi connectivity index (χ3n) is 16.6. The summed E-state index contributed by atoms with van der Waals surface area (Å²) in [4.78, 5) is 24.5. The maximum absolute atomic E-state index is 12.5. The van der Waals surface area contributed by atoms with Gasteiger partial charge in [0.05, 0.1) is 25.4 Å². The van der Waals surface area contributed by atoms with Crippen LogP contribution in [-0.2, 0) is 14.3 Å². The van der Waals surface area contributed by atoms with Gasteiger partial charge in [0.1, 0.15) is 0 Å². The molecule has 0 spiro atoms. The molecule has 1 amide bonds. The molecule has 2 unspecified atom stereocenters. The van der Waals surface area contributed by atoms with Crippen LogP contribution in [0.3, 0.4) is 0 Å².